The first-order chi connectivity index (χ1) is 30.7. The van der Waals surface area contributed by atoms with Crippen LogP contribution in [0.4, 0.5) is 0 Å². The van der Waals surface area contributed by atoms with Crippen LogP contribution in [0.3, 0.4) is 0 Å². The number of aliphatic imine (C=N–C) groups is 2. The lowest BCUT2D eigenvalue weighted by Gasteiger charge is -2.30. The molecule has 0 unspecified atom stereocenters. The number of nitrogens with zero attached hydrogens (tertiary/aromatic N) is 2. The summed E-state index contributed by atoms with van der Waals surface area (Å²) in [6.07, 6.45) is 2.88. The van der Waals surface area contributed by atoms with E-state index in [0.717, 1.165) is 44.8 Å². The van der Waals surface area contributed by atoms with Gasteiger partial charge in [0.2, 0.25) is 0 Å². The molecule has 0 saturated carbocycles. The average molecular weight is 789 g/mol. The van der Waals surface area contributed by atoms with E-state index in [1.165, 1.54) is 61.2 Å². The molecule has 0 fully saturated rings. The molecule has 9 aromatic carbocycles. The van der Waals surface area contributed by atoms with E-state index in [-0.39, 0.29) is 0 Å². The van der Waals surface area contributed by atoms with E-state index in [2.05, 4.69) is 231 Å². The van der Waals surface area contributed by atoms with Crippen molar-refractivity contribution in [3.8, 4) is 55.6 Å². The lowest BCUT2D eigenvalue weighted by Crippen LogP contribution is -2.25. The van der Waals surface area contributed by atoms with Crippen LogP contribution < -0.4 is 0 Å². The second-order valence-electron chi connectivity index (χ2n) is 16.4. The van der Waals surface area contributed by atoms with Crippen LogP contribution in [0.1, 0.15) is 45.4 Å². The molecule has 0 aromatic heterocycles. The van der Waals surface area contributed by atoms with Crippen LogP contribution in [0, 0.1) is 0 Å². The minimum atomic E-state index is -0.392. The SMILES string of the molecule is C1=C(c2cccc(-c3ccccc3)c2)N=C(c2cccc(-c3ccccc3)c2)N=C(c2cccc(-c3cccc4c3-c3ccccc3C43c4ccccc4-c4ccccc43)c2)C1. The summed E-state index contributed by atoms with van der Waals surface area (Å²) in [7, 11) is 0. The predicted octanol–water partition coefficient (Wildman–Crippen LogP) is 14.7. The molecule has 0 atom stereocenters. The first kappa shape index (κ1) is 36.0. The van der Waals surface area contributed by atoms with E-state index in [1.807, 2.05) is 0 Å². The monoisotopic (exact) mass is 788 g/mol. The summed E-state index contributed by atoms with van der Waals surface area (Å²) in [6.45, 7) is 0. The highest BCUT2D eigenvalue weighted by molar-refractivity contribution is 6.16. The molecule has 0 saturated heterocycles. The third kappa shape index (κ3) is 5.72. The van der Waals surface area contributed by atoms with Crippen LogP contribution >= 0.6 is 0 Å². The zero-order valence-corrected chi connectivity index (χ0v) is 34.0. The molecule has 0 bridgehead atoms. The molecule has 2 nitrogen and oxygen atoms in total. The Hall–Kier alpha value is -7.94. The first-order valence-electron chi connectivity index (χ1n) is 21.5. The van der Waals surface area contributed by atoms with E-state index in [0.29, 0.717) is 12.3 Å². The van der Waals surface area contributed by atoms with Crippen molar-refractivity contribution in [3.63, 3.8) is 0 Å². The summed E-state index contributed by atoms with van der Waals surface area (Å²) >= 11 is 0. The lowest BCUT2D eigenvalue weighted by atomic mass is 9.70. The smallest absolute Gasteiger partial charge is 0.160 e. The Morgan fingerprint density at radius 1 is 0.306 bits per heavy atom. The molecule has 62 heavy (non-hydrogen) atoms. The highest BCUT2D eigenvalue weighted by Crippen LogP contribution is 2.63. The largest absolute Gasteiger partial charge is 0.232 e. The van der Waals surface area contributed by atoms with Crippen molar-refractivity contribution in [1.29, 1.82) is 0 Å². The van der Waals surface area contributed by atoms with Crippen LogP contribution in [0.2, 0.25) is 0 Å². The number of rotatable bonds is 6. The Morgan fingerprint density at radius 3 is 1.40 bits per heavy atom. The van der Waals surface area contributed by atoms with E-state index >= 15 is 0 Å². The van der Waals surface area contributed by atoms with Gasteiger partial charge < -0.3 is 0 Å². The number of fused-ring (bicyclic) bond motifs is 10. The van der Waals surface area contributed by atoms with Crippen molar-refractivity contribution >= 4 is 17.2 Å². The summed E-state index contributed by atoms with van der Waals surface area (Å²) < 4.78 is 0. The molecule has 1 heterocycles. The molecule has 0 N–H and O–H groups in total. The Kier molecular flexibility index (Phi) is 8.50. The molecular formula is C60H40N2. The maximum absolute atomic E-state index is 5.47. The van der Waals surface area contributed by atoms with Gasteiger partial charge in [-0.15, -0.1) is 0 Å². The summed E-state index contributed by atoms with van der Waals surface area (Å²) in [6, 6.07) is 81.4. The maximum Gasteiger partial charge on any atom is 0.160 e. The van der Waals surface area contributed by atoms with Crippen LogP contribution in [-0.4, -0.2) is 11.5 Å². The van der Waals surface area contributed by atoms with Crippen LogP contribution in [-0.2, 0) is 5.41 Å². The van der Waals surface area contributed by atoms with Gasteiger partial charge in [-0.1, -0.05) is 212 Å². The van der Waals surface area contributed by atoms with Gasteiger partial charge in [0.15, 0.2) is 5.84 Å². The Labute approximate surface area is 362 Å². The van der Waals surface area contributed by atoms with Gasteiger partial charge in [-0.25, -0.2) is 9.98 Å². The molecule has 1 spiro atoms. The third-order valence-electron chi connectivity index (χ3n) is 13.0. The number of hydrogen-bond acceptors (Lipinski definition) is 2. The summed E-state index contributed by atoms with van der Waals surface area (Å²) in [4.78, 5) is 10.9. The van der Waals surface area contributed by atoms with Gasteiger partial charge in [0.25, 0.3) is 0 Å². The average Bonchev–Trinajstić information content (AvgIpc) is 3.70. The fraction of sp³-hybridized carbons (Fsp3) is 0.0333. The van der Waals surface area contributed by atoms with Crippen molar-refractivity contribution in [3.05, 3.63) is 269 Å². The van der Waals surface area contributed by atoms with Crippen LogP contribution in [0.15, 0.2) is 241 Å². The normalized spacial score (nSPS) is 14.2. The van der Waals surface area contributed by atoms with Gasteiger partial charge in [0.05, 0.1) is 16.8 Å². The van der Waals surface area contributed by atoms with Gasteiger partial charge in [-0.05, 0) is 102 Å². The highest BCUT2D eigenvalue weighted by Gasteiger charge is 2.51. The highest BCUT2D eigenvalue weighted by atomic mass is 14.9. The number of allylic oxidation sites excluding steroid dienone is 1. The van der Waals surface area contributed by atoms with E-state index < -0.39 is 5.41 Å². The number of amidine groups is 1. The minimum absolute atomic E-state index is 0.392. The van der Waals surface area contributed by atoms with Gasteiger partial charge >= 0.3 is 0 Å². The minimum Gasteiger partial charge on any atom is -0.232 e. The predicted molar refractivity (Wildman–Crippen MR) is 258 cm³/mol. The Balaban J connectivity index is 1.00. The fourth-order valence-electron chi connectivity index (χ4n) is 10.3. The van der Waals surface area contributed by atoms with Gasteiger partial charge in [0, 0.05) is 17.5 Å². The molecule has 0 radical (unpaired) electrons. The summed E-state index contributed by atoms with van der Waals surface area (Å²) in [5.41, 5.74) is 22.3. The van der Waals surface area contributed by atoms with E-state index in [4.69, 9.17) is 9.98 Å². The van der Waals surface area contributed by atoms with Crippen molar-refractivity contribution in [2.75, 3.05) is 0 Å². The molecule has 2 aliphatic carbocycles. The molecule has 9 aromatic rings. The zero-order chi connectivity index (χ0) is 41.0. The molecule has 3 aliphatic rings. The second-order valence-corrected chi connectivity index (χ2v) is 16.4. The van der Waals surface area contributed by atoms with E-state index in [1.54, 1.807) is 0 Å². The molecule has 290 valence electrons. The van der Waals surface area contributed by atoms with Gasteiger partial charge in [0.1, 0.15) is 0 Å². The number of benzene rings is 9. The Morgan fingerprint density at radius 2 is 0.742 bits per heavy atom. The summed E-state index contributed by atoms with van der Waals surface area (Å²) in [5, 5.41) is 0. The topological polar surface area (TPSA) is 24.7 Å². The van der Waals surface area contributed by atoms with Crippen molar-refractivity contribution in [2.45, 2.75) is 11.8 Å². The molecule has 1 aliphatic heterocycles. The molecular weight excluding hydrogens is 749 g/mol. The number of hydrogen-bond donors (Lipinski definition) is 0. The van der Waals surface area contributed by atoms with Gasteiger partial charge in [-0.2, -0.15) is 0 Å². The van der Waals surface area contributed by atoms with E-state index in [9.17, 15) is 0 Å². The third-order valence-corrected chi connectivity index (χ3v) is 13.0. The lowest BCUT2D eigenvalue weighted by molar-refractivity contribution is 0.794. The maximum atomic E-state index is 5.47. The van der Waals surface area contributed by atoms with Crippen LogP contribution in [0.25, 0.3) is 61.3 Å². The first-order valence-corrected chi connectivity index (χ1v) is 21.5. The summed E-state index contributed by atoms with van der Waals surface area (Å²) in [5.74, 6) is 0.701. The molecule has 0 amide bonds. The Bertz CT molecular complexity index is 3270. The zero-order valence-electron chi connectivity index (χ0n) is 34.0. The van der Waals surface area contributed by atoms with Crippen molar-refractivity contribution in [1.82, 2.24) is 0 Å². The van der Waals surface area contributed by atoms with Crippen molar-refractivity contribution in [2.24, 2.45) is 9.98 Å². The second kappa shape index (κ2) is 14.7. The van der Waals surface area contributed by atoms with Gasteiger partial charge in [-0.3, -0.25) is 0 Å². The van der Waals surface area contributed by atoms with Crippen LogP contribution in [0.5, 0.6) is 0 Å². The standard InChI is InChI=1S/C60H40N2/c1-3-17-40(18-4-1)42-21-13-24-45(37-42)56-35-36-57(62-59(61-56)47-26-14-22-43(38-47)41-19-5-2-6-20-41)46-25-15-23-44(39-46)48-30-16-34-55-58(48)51-29-9-12-33-54(51)60(55)52-31-10-7-27-49(52)50-28-8-11-32-53(50)60/h1-35,37-39H,36H2. The molecule has 2 heteroatoms. The quantitative estimate of drug-likeness (QED) is 0.160. The molecule has 12 rings (SSSR count). The fourth-order valence-corrected chi connectivity index (χ4v) is 10.3. The van der Waals surface area contributed by atoms with Crippen molar-refractivity contribution < 1.29 is 0 Å².